The van der Waals surface area contributed by atoms with Gasteiger partial charge in [0.25, 0.3) is 17.3 Å². The first-order chi connectivity index (χ1) is 11.5. The van der Waals surface area contributed by atoms with Crippen molar-refractivity contribution in [2.75, 3.05) is 6.54 Å². The van der Waals surface area contributed by atoms with Crippen LogP contribution in [0.3, 0.4) is 0 Å². The fourth-order valence-electron chi connectivity index (χ4n) is 2.09. The van der Waals surface area contributed by atoms with E-state index in [0.29, 0.717) is 19.5 Å². The van der Waals surface area contributed by atoms with Crippen LogP contribution >= 0.6 is 0 Å². The molecule has 1 aromatic carbocycles. The second-order valence-corrected chi connectivity index (χ2v) is 4.98. The van der Waals surface area contributed by atoms with Crippen molar-refractivity contribution in [3.05, 3.63) is 74.6 Å². The van der Waals surface area contributed by atoms with E-state index in [1.54, 1.807) is 0 Å². The SMILES string of the molecule is O=C(NCCC[n+]1ccccc1)c1cc([N+](=O)[O-])cc([N+](=O)[O-])c1.[Br-]. The standard InChI is InChI=1S/C15H14N4O5.BrH/c20-15(16-5-4-8-17-6-2-1-3-7-17)12-9-13(18(21)22)11-14(10-12)19(23)24;/h1-3,6-7,9-11H,4-5,8H2;1H. The highest BCUT2D eigenvalue weighted by Gasteiger charge is 2.19. The molecule has 0 saturated carbocycles. The van der Waals surface area contributed by atoms with Gasteiger partial charge >= 0.3 is 0 Å². The maximum Gasteiger partial charge on any atom is 0.277 e. The van der Waals surface area contributed by atoms with Crippen LogP contribution in [0.4, 0.5) is 11.4 Å². The average Bonchev–Trinajstić information content (AvgIpc) is 2.59. The predicted molar refractivity (Wildman–Crippen MR) is 83.3 cm³/mol. The van der Waals surface area contributed by atoms with E-state index < -0.39 is 27.1 Å². The lowest BCUT2D eigenvalue weighted by Crippen LogP contribution is -3.00. The zero-order valence-electron chi connectivity index (χ0n) is 13.0. The number of amides is 1. The Labute approximate surface area is 153 Å². The van der Waals surface area contributed by atoms with Crippen molar-refractivity contribution in [3.63, 3.8) is 0 Å². The molecule has 2 rings (SSSR count). The zero-order valence-corrected chi connectivity index (χ0v) is 14.6. The topological polar surface area (TPSA) is 119 Å². The Bertz CT molecular complexity index is 738. The molecule has 0 fully saturated rings. The molecule has 1 aromatic heterocycles. The van der Waals surface area contributed by atoms with Crippen molar-refractivity contribution >= 4 is 17.3 Å². The summed E-state index contributed by atoms with van der Waals surface area (Å²) in [6.45, 7) is 1.04. The van der Waals surface area contributed by atoms with E-state index >= 15 is 0 Å². The molecule has 25 heavy (non-hydrogen) atoms. The molecule has 1 N–H and O–H groups in total. The lowest BCUT2D eigenvalue weighted by atomic mass is 10.1. The van der Waals surface area contributed by atoms with E-state index in [9.17, 15) is 25.0 Å². The van der Waals surface area contributed by atoms with Crippen LogP contribution in [0.5, 0.6) is 0 Å². The summed E-state index contributed by atoms with van der Waals surface area (Å²) in [6.07, 6.45) is 4.44. The molecule has 0 spiro atoms. The smallest absolute Gasteiger partial charge is 0.277 e. The summed E-state index contributed by atoms with van der Waals surface area (Å²) in [5.74, 6) is -0.583. The number of benzene rings is 1. The van der Waals surface area contributed by atoms with Crippen LogP contribution in [0.25, 0.3) is 0 Å². The quantitative estimate of drug-likeness (QED) is 0.261. The van der Waals surface area contributed by atoms with Gasteiger partial charge in [-0.25, -0.2) is 4.57 Å². The number of nitrogens with zero attached hydrogens (tertiary/aromatic N) is 3. The molecule has 0 aliphatic rings. The number of nitro benzene ring substituents is 2. The molecule has 0 bridgehead atoms. The third kappa shape index (κ3) is 5.92. The number of aromatic nitrogens is 1. The molecule has 10 heteroatoms. The maximum atomic E-state index is 12.0. The predicted octanol–water partition coefficient (Wildman–Crippen LogP) is -1.39. The van der Waals surface area contributed by atoms with E-state index in [4.69, 9.17) is 0 Å². The van der Waals surface area contributed by atoms with E-state index in [1.807, 2.05) is 35.2 Å². The van der Waals surface area contributed by atoms with Crippen LogP contribution in [0.15, 0.2) is 48.8 Å². The van der Waals surface area contributed by atoms with Crippen LogP contribution in [0.2, 0.25) is 0 Å². The van der Waals surface area contributed by atoms with Gasteiger partial charge in [0.2, 0.25) is 0 Å². The number of non-ortho nitro benzene ring substituents is 2. The highest BCUT2D eigenvalue weighted by atomic mass is 79.9. The number of aryl methyl sites for hydroxylation is 1. The van der Waals surface area contributed by atoms with Crippen LogP contribution in [0.1, 0.15) is 16.8 Å². The molecule has 2 aromatic rings. The normalized spacial score (nSPS) is 9.76. The van der Waals surface area contributed by atoms with Gasteiger partial charge in [-0.2, -0.15) is 0 Å². The first kappa shape index (κ1) is 20.2. The molecule has 0 saturated heterocycles. The van der Waals surface area contributed by atoms with Crippen LogP contribution in [-0.4, -0.2) is 22.3 Å². The Hall–Kier alpha value is -2.88. The fraction of sp³-hybridized carbons (Fsp3) is 0.200. The summed E-state index contributed by atoms with van der Waals surface area (Å²) in [5, 5.41) is 24.2. The fourth-order valence-corrected chi connectivity index (χ4v) is 2.09. The summed E-state index contributed by atoms with van der Waals surface area (Å²) in [7, 11) is 0. The monoisotopic (exact) mass is 410 g/mol. The lowest BCUT2D eigenvalue weighted by molar-refractivity contribution is -0.697. The molecular weight excluding hydrogens is 396 g/mol. The van der Waals surface area contributed by atoms with E-state index in [2.05, 4.69) is 5.32 Å². The minimum atomic E-state index is -0.768. The number of halogens is 1. The maximum absolute atomic E-state index is 12.0. The molecule has 1 amide bonds. The van der Waals surface area contributed by atoms with Crippen molar-refractivity contribution in [2.45, 2.75) is 13.0 Å². The van der Waals surface area contributed by atoms with Crippen molar-refractivity contribution in [3.8, 4) is 0 Å². The number of nitrogens with one attached hydrogen (secondary N) is 1. The summed E-state index contributed by atoms with van der Waals surface area (Å²) < 4.78 is 1.95. The van der Waals surface area contributed by atoms with Gasteiger partial charge in [0, 0.05) is 37.2 Å². The highest BCUT2D eigenvalue weighted by Crippen LogP contribution is 2.22. The summed E-state index contributed by atoms with van der Waals surface area (Å²) in [4.78, 5) is 32.1. The molecule has 132 valence electrons. The first-order valence-corrected chi connectivity index (χ1v) is 7.13. The minimum Gasteiger partial charge on any atom is -1.00 e. The average molecular weight is 411 g/mol. The first-order valence-electron chi connectivity index (χ1n) is 7.13. The number of hydrogen-bond donors (Lipinski definition) is 1. The zero-order chi connectivity index (χ0) is 17.5. The van der Waals surface area contributed by atoms with Gasteiger partial charge in [-0.15, -0.1) is 0 Å². The van der Waals surface area contributed by atoms with Crippen molar-refractivity contribution in [1.82, 2.24) is 5.32 Å². The molecule has 0 aliphatic carbocycles. The Morgan fingerprint density at radius 1 is 1.00 bits per heavy atom. The van der Waals surface area contributed by atoms with Crippen LogP contribution in [0, 0.1) is 20.2 Å². The Morgan fingerprint density at radius 3 is 2.08 bits per heavy atom. The lowest BCUT2D eigenvalue weighted by Gasteiger charge is -2.04. The third-order valence-corrected chi connectivity index (χ3v) is 3.24. The molecule has 0 atom stereocenters. The third-order valence-electron chi connectivity index (χ3n) is 3.24. The van der Waals surface area contributed by atoms with Gasteiger partial charge in [-0.3, -0.25) is 25.0 Å². The van der Waals surface area contributed by atoms with Gasteiger partial charge in [-0.1, -0.05) is 6.07 Å². The second-order valence-electron chi connectivity index (χ2n) is 4.98. The van der Waals surface area contributed by atoms with E-state index in [0.717, 1.165) is 18.2 Å². The number of hydrogen-bond acceptors (Lipinski definition) is 5. The summed E-state index contributed by atoms with van der Waals surface area (Å²) in [6, 6.07) is 8.54. The van der Waals surface area contributed by atoms with Crippen LogP contribution < -0.4 is 26.9 Å². The Balaban J connectivity index is 0.00000312. The Kier molecular flexibility index (Phi) is 7.60. The number of rotatable bonds is 7. The van der Waals surface area contributed by atoms with E-state index in [-0.39, 0.29) is 22.5 Å². The number of pyridine rings is 1. The van der Waals surface area contributed by atoms with E-state index in [1.165, 1.54) is 0 Å². The Morgan fingerprint density at radius 2 is 1.56 bits per heavy atom. The van der Waals surface area contributed by atoms with Crippen LogP contribution in [-0.2, 0) is 6.54 Å². The minimum absolute atomic E-state index is 0. The van der Waals surface area contributed by atoms with Crippen molar-refractivity contribution < 1.29 is 36.2 Å². The molecule has 0 aliphatic heterocycles. The number of nitro groups is 2. The van der Waals surface area contributed by atoms with Gasteiger partial charge < -0.3 is 22.3 Å². The number of carbonyl (C=O) groups excluding carboxylic acids is 1. The molecule has 1 heterocycles. The highest BCUT2D eigenvalue weighted by molar-refractivity contribution is 5.95. The molecule has 0 unspecified atom stereocenters. The van der Waals surface area contributed by atoms with Gasteiger partial charge in [0.05, 0.1) is 21.5 Å². The molecule has 0 radical (unpaired) electrons. The summed E-state index contributed by atoms with van der Waals surface area (Å²) >= 11 is 0. The van der Waals surface area contributed by atoms with Crippen molar-refractivity contribution in [2.24, 2.45) is 0 Å². The number of carbonyl (C=O) groups is 1. The summed E-state index contributed by atoms with van der Waals surface area (Å²) in [5.41, 5.74) is -1.09. The largest absolute Gasteiger partial charge is 1.00 e. The van der Waals surface area contributed by atoms with Crippen molar-refractivity contribution in [1.29, 1.82) is 0 Å². The molecule has 9 nitrogen and oxygen atoms in total. The second kappa shape index (κ2) is 9.42. The van der Waals surface area contributed by atoms with Gasteiger partial charge in [0.15, 0.2) is 12.4 Å². The molecular formula is C15H15BrN4O5. The van der Waals surface area contributed by atoms with Gasteiger partial charge in [0.1, 0.15) is 6.54 Å². The van der Waals surface area contributed by atoms with Gasteiger partial charge in [-0.05, 0) is 0 Å².